The maximum absolute atomic E-state index is 5.07. The highest BCUT2D eigenvalue weighted by Gasteiger charge is 2.23. The van der Waals surface area contributed by atoms with Gasteiger partial charge in [0.25, 0.3) is 0 Å². The summed E-state index contributed by atoms with van der Waals surface area (Å²) in [6.45, 7) is 6.82. The molecule has 1 fully saturated rings. The second kappa shape index (κ2) is 4.81. The van der Waals surface area contributed by atoms with Gasteiger partial charge in [-0.15, -0.1) is 0 Å². The van der Waals surface area contributed by atoms with Crippen LogP contribution in [0.15, 0.2) is 23.0 Å². The minimum atomic E-state index is 0.793. The first kappa shape index (κ1) is 10.7. The third-order valence-corrected chi connectivity index (χ3v) is 3.26. The Balaban J connectivity index is 1.79. The van der Waals surface area contributed by atoms with Crippen molar-refractivity contribution in [2.45, 2.75) is 13.5 Å². The Bertz CT molecular complexity index is 284. The van der Waals surface area contributed by atoms with Crippen LogP contribution in [-0.2, 0) is 6.54 Å². The summed E-state index contributed by atoms with van der Waals surface area (Å²) >= 11 is 0. The smallest absolute Gasteiger partial charge is 0.0947 e. The fourth-order valence-corrected chi connectivity index (χ4v) is 2.27. The van der Waals surface area contributed by atoms with Gasteiger partial charge in [-0.05, 0) is 38.0 Å². The molecule has 2 rings (SSSR count). The lowest BCUT2D eigenvalue weighted by Crippen LogP contribution is -2.28. The molecule has 3 heteroatoms. The van der Waals surface area contributed by atoms with E-state index in [0.717, 1.165) is 24.9 Å². The van der Waals surface area contributed by atoms with Crippen molar-refractivity contribution >= 4 is 0 Å². The Kier molecular flexibility index (Phi) is 3.44. The summed E-state index contributed by atoms with van der Waals surface area (Å²) in [7, 11) is 2.18. The van der Waals surface area contributed by atoms with Crippen LogP contribution >= 0.6 is 0 Å². The van der Waals surface area contributed by atoms with Crippen molar-refractivity contribution in [3.05, 3.63) is 24.2 Å². The van der Waals surface area contributed by atoms with E-state index in [0.29, 0.717) is 0 Å². The summed E-state index contributed by atoms with van der Waals surface area (Å²) < 4.78 is 5.07. The molecule has 1 aromatic rings. The van der Waals surface area contributed by atoms with E-state index in [4.69, 9.17) is 4.42 Å². The van der Waals surface area contributed by atoms with E-state index in [1.807, 2.05) is 12.3 Å². The molecule has 1 aliphatic heterocycles. The summed E-state index contributed by atoms with van der Waals surface area (Å²) in [4.78, 5) is 2.37. The maximum Gasteiger partial charge on any atom is 0.0947 e. The zero-order valence-corrected chi connectivity index (χ0v) is 9.57. The first-order chi connectivity index (χ1) is 7.25. The molecule has 0 amide bonds. The third kappa shape index (κ3) is 2.83. The molecule has 0 spiro atoms. The number of furan rings is 1. The van der Waals surface area contributed by atoms with E-state index in [9.17, 15) is 0 Å². The van der Waals surface area contributed by atoms with Crippen molar-refractivity contribution in [3.8, 4) is 0 Å². The third-order valence-electron chi connectivity index (χ3n) is 3.26. The van der Waals surface area contributed by atoms with Gasteiger partial charge >= 0.3 is 0 Å². The van der Waals surface area contributed by atoms with Gasteiger partial charge in [-0.1, -0.05) is 6.92 Å². The molecule has 3 nitrogen and oxygen atoms in total. The Labute approximate surface area is 91.4 Å². The molecular weight excluding hydrogens is 188 g/mol. The minimum absolute atomic E-state index is 0.793. The number of nitrogens with zero attached hydrogens (tertiary/aromatic N) is 1. The van der Waals surface area contributed by atoms with E-state index in [1.165, 1.54) is 18.7 Å². The second-order valence-corrected chi connectivity index (χ2v) is 4.72. The molecule has 15 heavy (non-hydrogen) atoms. The Morgan fingerprint density at radius 3 is 3.00 bits per heavy atom. The SMILES string of the molecule is CC1CNCC1CN(C)Cc1ccoc1. The standard InChI is InChI=1S/C12H20N2O/c1-10-5-13-6-12(10)8-14(2)7-11-3-4-15-9-11/h3-4,9-10,12-13H,5-8H2,1-2H3. The Morgan fingerprint density at radius 1 is 1.53 bits per heavy atom. The van der Waals surface area contributed by atoms with E-state index in [2.05, 4.69) is 24.2 Å². The van der Waals surface area contributed by atoms with Crippen LogP contribution in [0.5, 0.6) is 0 Å². The molecule has 2 unspecified atom stereocenters. The predicted molar refractivity (Wildman–Crippen MR) is 60.6 cm³/mol. The van der Waals surface area contributed by atoms with Gasteiger partial charge in [0.05, 0.1) is 12.5 Å². The van der Waals surface area contributed by atoms with Gasteiger partial charge < -0.3 is 14.6 Å². The van der Waals surface area contributed by atoms with Gasteiger partial charge in [0, 0.05) is 18.7 Å². The normalized spacial score (nSPS) is 26.3. The van der Waals surface area contributed by atoms with Crippen LogP contribution in [0.1, 0.15) is 12.5 Å². The number of hydrogen-bond donors (Lipinski definition) is 1. The summed E-state index contributed by atoms with van der Waals surface area (Å²) in [5.74, 6) is 1.60. The molecule has 1 aromatic heterocycles. The van der Waals surface area contributed by atoms with Gasteiger partial charge in [-0.2, -0.15) is 0 Å². The molecule has 0 radical (unpaired) electrons. The largest absolute Gasteiger partial charge is 0.472 e. The topological polar surface area (TPSA) is 28.4 Å². The highest BCUT2D eigenvalue weighted by molar-refractivity contribution is 5.04. The van der Waals surface area contributed by atoms with Crippen LogP contribution in [0.3, 0.4) is 0 Å². The molecule has 0 saturated carbocycles. The van der Waals surface area contributed by atoms with E-state index in [1.54, 1.807) is 6.26 Å². The van der Waals surface area contributed by atoms with Crippen molar-refractivity contribution in [2.24, 2.45) is 11.8 Å². The number of rotatable bonds is 4. The molecule has 0 bridgehead atoms. The first-order valence-corrected chi connectivity index (χ1v) is 5.66. The Hall–Kier alpha value is -0.800. The lowest BCUT2D eigenvalue weighted by Gasteiger charge is -2.22. The molecule has 2 atom stereocenters. The van der Waals surface area contributed by atoms with Crippen LogP contribution in [0.2, 0.25) is 0 Å². The lowest BCUT2D eigenvalue weighted by atomic mass is 9.98. The van der Waals surface area contributed by atoms with E-state index >= 15 is 0 Å². The lowest BCUT2D eigenvalue weighted by molar-refractivity contribution is 0.252. The van der Waals surface area contributed by atoms with Gasteiger partial charge in [-0.3, -0.25) is 0 Å². The van der Waals surface area contributed by atoms with Crippen LogP contribution < -0.4 is 5.32 Å². The van der Waals surface area contributed by atoms with Crippen molar-refractivity contribution in [1.29, 1.82) is 0 Å². The Morgan fingerprint density at radius 2 is 2.40 bits per heavy atom. The predicted octanol–water partition coefficient (Wildman–Crippen LogP) is 1.57. The molecule has 2 heterocycles. The van der Waals surface area contributed by atoms with Crippen LogP contribution in [0, 0.1) is 11.8 Å². The van der Waals surface area contributed by atoms with Crippen molar-refractivity contribution in [1.82, 2.24) is 10.2 Å². The van der Waals surface area contributed by atoms with Gasteiger partial charge in [0.15, 0.2) is 0 Å². The summed E-state index contributed by atoms with van der Waals surface area (Å²) in [5.41, 5.74) is 1.26. The van der Waals surface area contributed by atoms with E-state index in [-0.39, 0.29) is 0 Å². The average molecular weight is 208 g/mol. The summed E-state index contributed by atoms with van der Waals surface area (Å²) in [6.07, 6.45) is 3.57. The average Bonchev–Trinajstić information content (AvgIpc) is 2.79. The zero-order chi connectivity index (χ0) is 10.7. The monoisotopic (exact) mass is 208 g/mol. The molecular formula is C12H20N2O. The van der Waals surface area contributed by atoms with Crippen molar-refractivity contribution in [3.63, 3.8) is 0 Å². The van der Waals surface area contributed by atoms with Gasteiger partial charge in [0.1, 0.15) is 0 Å². The van der Waals surface area contributed by atoms with Crippen molar-refractivity contribution < 1.29 is 4.42 Å². The van der Waals surface area contributed by atoms with Crippen LogP contribution in [0.25, 0.3) is 0 Å². The molecule has 0 aliphatic carbocycles. The minimum Gasteiger partial charge on any atom is -0.472 e. The second-order valence-electron chi connectivity index (χ2n) is 4.72. The maximum atomic E-state index is 5.07. The van der Waals surface area contributed by atoms with Crippen LogP contribution in [-0.4, -0.2) is 31.6 Å². The molecule has 1 N–H and O–H groups in total. The fraction of sp³-hybridized carbons (Fsp3) is 0.667. The first-order valence-electron chi connectivity index (χ1n) is 5.66. The summed E-state index contributed by atoms with van der Waals surface area (Å²) in [6, 6.07) is 2.03. The molecule has 84 valence electrons. The van der Waals surface area contributed by atoms with Gasteiger partial charge in [0.2, 0.25) is 0 Å². The van der Waals surface area contributed by atoms with Crippen molar-refractivity contribution in [2.75, 3.05) is 26.7 Å². The molecule has 1 aliphatic rings. The number of nitrogens with one attached hydrogen (secondary N) is 1. The molecule has 0 aromatic carbocycles. The van der Waals surface area contributed by atoms with Crippen LogP contribution in [0.4, 0.5) is 0 Å². The van der Waals surface area contributed by atoms with Gasteiger partial charge in [-0.25, -0.2) is 0 Å². The fourth-order valence-electron chi connectivity index (χ4n) is 2.27. The molecule has 1 saturated heterocycles. The quantitative estimate of drug-likeness (QED) is 0.814. The zero-order valence-electron chi connectivity index (χ0n) is 9.57. The highest BCUT2D eigenvalue weighted by atomic mass is 16.3. The van der Waals surface area contributed by atoms with E-state index < -0.39 is 0 Å². The summed E-state index contributed by atoms with van der Waals surface area (Å²) in [5, 5.41) is 3.44. The number of hydrogen-bond acceptors (Lipinski definition) is 3. The highest BCUT2D eigenvalue weighted by Crippen LogP contribution is 2.17.